The van der Waals surface area contributed by atoms with Crippen LogP contribution in [0.15, 0.2) is 42.5 Å². The van der Waals surface area contributed by atoms with Crippen molar-refractivity contribution in [2.75, 3.05) is 5.32 Å². The Morgan fingerprint density at radius 3 is 2.17 bits per heavy atom. The van der Waals surface area contributed by atoms with Crippen molar-refractivity contribution in [2.24, 2.45) is 0 Å². The summed E-state index contributed by atoms with van der Waals surface area (Å²) in [6.07, 6.45) is 0. The molecule has 2 aromatic rings. The van der Waals surface area contributed by atoms with Gasteiger partial charge in [0, 0.05) is 11.3 Å². The van der Waals surface area contributed by atoms with E-state index in [1.807, 2.05) is 44.2 Å². The fraction of sp³-hybridized carbons (Fsp3) is 0.300. The number of hydrogen-bond donors (Lipinski definition) is 2. The van der Waals surface area contributed by atoms with Gasteiger partial charge < -0.3 is 5.32 Å². The van der Waals surface area contributed by atoms with Crippen molar-refractivity contribution in [2.45, 2.75) is 40.0 Å². The number of benzene rings is 2. The van der Waals surface area contributed by atoms with E-state index in [2.05, 4.69) is 43.5 Å². The van der Waals surface area contributed by atoms with Gasteiger partial charge in [0.05, 0.1) is 0 Å². The molecule has 0 aliphatic rings. The molecule has 126 valence electrons. The molecule has 4 heteroatoms. The number of anilines is 1. The molecule has 0 saturated carbocycles. The maximum absolute atomic E-state index is 12.3. The zero-order chi connectivity index (χ0) is 17.9. The van der Waals surface area contributed by atoms with Crippen LogP contribution >= 0.6 is 12.2 Å². The summed E-state index contributed by atoms with van der Waals surface area (Å²) >= 11 is 5.24. The minimum Gasteiger partial charge on any atom is -0.332 e. The number of thiocarbonyl (C=S) groups is 1. The maximum Gasteiger partial charge on any atom is 0.257 e. The van der Waals surface area contributed by atoms with Crippen LogP contribution in [0.25, 0.3) is 0 Å². The van der Waals surface area contributed by atoms with Gasteiger partial charge in [0.15, 0.2) is 5.11 Å². The van der Waals surface area contributed by atoms with Crippen molar-refractivity contribution in [3.63, 3.8) is 0 Å². The van der Waals surface area contributed by atoms with E-state index in [1.54, 1.807) is 0 Å². The van der Waals surface area contributed by atoms with Crippen molar-refractivity contribution in [3.05, 3.63) is 64.7 Å². The van der Waals surface area contributed by atoms with Crippen LogP contribution in [0.4, 0.5) is 5.69 Å². The molecule has 0 saturated heterocycles. The van der Waals surface area contributed by atoms with Gasteiger partial charge in [-0.1, -0.05) is 50.6 Å². The smallest absolute Gasteiger partial charge is 0.257 e. The SMILES string of the molecule is Cc1ccc(C(=O)NC(=S)Nc2ccc(C(C)(C)C)cc2)c(C)c1. The summed E-state index contributed by atoms with van der Waals surface area (Å²) < 4.78 is 0. The van der Waals surface area contributed by atoms with Crippen LogP contribution in [-0.2, 0) is 5.41 Å². The van der Waals surface area contributed by atoms with E-state index in [4.69, 9.17) is 12.2 Å². The summed E-state index contributed by atoms with van der Waals surface area (Å²) in [7, 11) is 0. The summed E-state index contributed by atoms with van der Waals surface area (Å²) in [4.78, 5) is 12.3. The fourth-order valence-corrected chi connectivity index (χ4v) is 2.67. The van der Waals surface area contributed by atoms with Crippen molar-refractivity contribution < 1.29 is 4.79 Å². The monoisotopic (exact) mass is 340 g/mol. The highest BCUT2D eigenvalue weighted by atomic mass is 32.1. The average Bonchev–Trinajstić information content (AvgIpc) is 2.46. The third-order valence-corrected chi connectivity index (χ3v) is 4.07. The Hall–Kier alpha value is -2.20. The van der Waals surface area contributed by atoms with Crippen LogP contribution in [0.2, 0.25) is 0 Å². The zero-order valence-corrected chi connectivity index (χ0v) is 15.7. The molecule has 0 unspecified atom stereocenters. The van der Waals surface area contributed by atoms with Crippen LogP contribution < -0.4 is 10.6 Å². The first-order chi connectivity index (χ1) is 11.2. The molecule has 3 nitrogen and oxygen atoms in total. The van der Waals surface area contributed by atoms with Gasteiger partial charge in [0.1, 0.15) is 0 Å². The lowest BCUT2D eigenvalue weighted by molar-refractivity contribution is 0.0977. The highest BCUT2D eigenvalue weighted by Gasteiger charge is 2.14. The number of carbonyl (C=O) groups is 1. The van der Waals surface area contributed by atoms with Gasteiger partial charge in [0.2, 0.25) is 0 Å². The molecule has 0 aliphatic heterocycles. The molecule has 2 rings (SSSR count). The lowest BCUT2D eigenvalue weighted by atomic mass is 9.87. The molecule has 0 heterocycles. The molecular weight excluding hydrogens is 316 g/mol. The molecule has 2 aromatic carbocycles. The average molecular weight is 340 g/mol. The quantitative estimate of drug-likeness (QED) is 0.777. The van der Waals surface area contributed by atoms with Gasteiger partial charge in [-0.05, 0) is 60.8 Å². The summed E-state index contributed by atoms with van der Waals surface area (Å²) in [6, 6.07) is 13.8. The van der Waals surface area contributed by atoms with E-state index in [9.17, 15) is 4.79 Å². The van der Waals surface area contributed by atoms with Gasteiger partial charge in [-0.15, -0.1) is 0 Å². The second-order valence-corrected chi connectivity index (χ2v) is 7.46. The summed E-state index contributed by atoms with van der Waals surface area (Å²) in [5, 5.41) is 6.08. The van der Waals surface area contributed by atoms with E-state index in [-0.39, 0.29) is 11.3 Å². The van der Waals surface area contributed by atoms with Gasteiger partial charge in [-0.25, -0.2) is 0 Å². The molecule has 0 spiro atoms. The highest BCUT2D eigenvalue weighted by Crippen LogP contribution is 2.23. The molecule has 1 amide bonds. The summed E-state index contributed by atoms with van der Waals surface area (Å²) in [5.74, 6) is -0.198. The van der Waals surface area contributed by atoms with E-state index >= 15 is 0 Å². The van der Waals surface area contributed by atoms with Crippen molar-refractivity contribution >= 4 is 28.9 Å². The third kappa shape index (κ3) is 4.65. The van der Waals surface area contributed by atoms with Gasteiger partial charge >= 0.3 is 0 Å². The first kappa shape index (κ1) is 18.1. The number of rotatable bonds is 2. The molecular formula is C20H24N2OS. The van der Waals surface area contributed by atoms with E-state index < -0.39 is 0 Å². The van der Waals surface area contributed by atoms with Gasteiger partial charge in [-0.2, -0.15) is 0 Å². The summed E-state index contributed by atoms with van der Waals surface area (Å²) in [5.41, 5.74) is 4.91. The Bertz CT molecular complexity index is 758. The Labute approximate surface area is 149 Å². The Balaban J connectivity index is 2.01. The van der Waals surface area contributed by atoms with Crippen molar-refractivity contribution in [1.82, 2.24) is 5.32 Å². The third-order valence-electron chi connectivity index (χ3n) is 3.86. The topological polar surface area (TPSA) is 41.1 Å². The van der Waals surface area contributed by atoms with E-state index in [0.717, 1.165) is 16.8 Å². The number of nitrogens with one attached hydrogen (secondary N) is 2. The predicted molar refractivity (Wildman–Crippen MR) is 105 cm³/mol. The highest BCUT2D eigenvalue weighted by molar-refractivity contribution is 7.80. The Morgan fingerprint density at radius 2 is 1.62 bits per heavy atom. The van der Waals surface area contributed by atoms with Crippen LogP contribution in [0.3, 0.4) is 0 Å². The first-order valence-corrected chi connectivity index (χ1v) is 8.38. The lowest BCUT2D eigenvalue weighted by Crippen LogP contribution is -2.34. The number of hydrogen-bond acceptors (Lipinski definition) is 2. The fourth-order valence-electron chi connectivity index (χ4n) is 2.45. The number of amides is 1. The Morgan fingerprint density at radius 1 is 1.00 bits per heavy atom. The van der Waals surface area contributed by atoms with E-state index in [1.165, 1.54) is 5.56 Å². The van der Waals surface area contributed by atoms with Gasteiger partial charge in [-0.3, -0.25) is 10.1 Å². The molecule has 0 aliphatic carbocycles. The second kappa shape index (κ2) is 7.14. The largest absolute Gasteiger partial charge is 0.332 e. The molecule has 24 heavy (non-hydrogen) atoms. The second-order valence-electron chi connectivity index (χ2n) is 7.05. The molecule has 0 fully saturated rings. The molecule has 2 N–H and O–H groups in total. The van der Waals surface area contributed by atoms with E-state index in [0.29, 0.717) is 10.7 Å². The molecule has 0 aromatic heterocycles. The normalized spacial score (nSPS) is 11.0. The predicted octanol–water partition coefficient (Wildman–Crippen LogP) is 4.73. The lowest BCUT2D eigenvalue weighted by Gasteiger charge is -2.19. The standard InChI is InChI=1S/C20H24N2OS/c1-13-6-11-17(14(2)12-13)18(23)22-19(24)21-16-9-7-15(8-10-16)20(3,4)5/h6-12H,1-5H3,(H2,21,22,23,24). The van der Waals surface area contributed by atoms with Gasteiger partial charge in [0.25, 0.3) is 5.91 Å². The zero-order valence-electron chi connectivity index (χ0n) is 14.9. The minimum atomic E-state index is -0.198. The molecule has 0 radical (unpaired) electrons. The molecule has 0 bridgehead atoms. The van der Waals surface area contributed by atoms with Crippen LogP contribution in [0.1, 0.15) is 47.8 Å². The van der Waals surface area contributed by atoms with Crippen molar-refractivity contribution in [1.29, 1.82) is 0 Å². The van der Waals surface area contributed by atoms with Crippen LogP contribution in [0, 0.1) is 13.8 Å². The summed E-state index contributed by atoms with van der Waals surface area (Å²) in [6.45, 7) is 10.4. The van der Waals surface area contributed by atoms with Crippen LogP contribution in [0.5, 0.6) is 0 Å². The number of carbonyl (C=O) groups excluding carboxylic acids is 1. The number of aryl methyl sites for hydroxylation is 2. The van der Waals surface area contributed by atoms with Crippen molar-refractivity contribution in [3.8, 4) is 0 Å². The minimum absolute atomic E-state index is 0.107. The Kier molecular flexibility index (Phi) is 5.40. The first-order valence-electron chi connectivity index (χ1n) is 7.97. The molecule has 0 atom stereocenters. The maximum atomic E-state index is 12.3. The van der Waals surface area contributed by atoms with Crippen LogP contribution in [-0.4, -0.2) is 11.0 Å².